The van der Waals surface area contributed by atoms with E-state index in [1.165, 1.54) is 19.3 Å². The van der Waals surface area contributed by atoms with Gasteiger partial charge in [0.1, 0.15) is 6.10 Å². The second-order valence-corrected chi connectivity index (χ2v) is 4.89. The lowest BCUT2D eigenvalue weighted by atomic mass is 9.92. The van der Waals surface area contributed by atoms with Crippen molar-refractivity contribution >= 4 is 5.97 Å². The number of hydrogen-bond acceptors (Lipinski definition) is 2. The highest BCUT2D eigenvalue weighted by atomic mass is 16.5. The Balaban J connectivity index is 2.06. The molecule has 92 valence electrons. The second-order valence-electron chi connectivity index (χ2n) is 4.89. The van der Waals surface area contributed by atoms with Gasteiger partial charge in [-0.15, -0.1) is 0 Å². The zero-order chi connectivity index (χ0) is 12.3. The molecule has 0 saturated heterocycles. The monoisotopic (exact) mass is 232 g/mol. The van der Waals surface area contributed by atoms with E-state index in [1.807, 2.05) is 24.3 Å². The molecule has 0 bridgehead atoms. The number of ether oxygens (including phenoxy) is 1. The van der Waals surface area contributed by atoms with Crippen molar-refractivity contribution in [3.63, 3.8) is 0 Å². The summed E-state index contributed by atoms with van der Waals surface area (Å²) in [4.78, 5) is 11.7. The molecule has 17 heavy (non-hydrogen) atoms. The SMILES string of the molecule is CCCCCC(C)C1OC(=O)c2ccccc21. The summed E-state index contributed by atoms with van der Waals surface area (Å²) in [5.74, 6) is 0.252. The highest BCUT2D eigenvalue weighted by Crippen LogP contribution is 2.37. The van der Waals surface area contributed by atoms with Gasteiger partial charge in [-0.2, -0.15) is 0 Å². The summed E-state index contributed by atoms with van der Waals surface area (Å²) in [6, 6.07) is 7.74. The Morgan fingerprint density at radius 1 is 1.29 bits per heavy atom. The molecule has 2 nitrogen and oxygen atoms in total. The first-order valence-electron chi connectivity index (χ1n) is 6.54. The summed E-state index contributed by atoms with van der Waals surface area (Å²) in [7, 11) is 0. The van der Waals surface area contributed by atoms with Crippen molar-refractivity contribution < 1.29 is 9.53 Å². The predicted octanol–water partition coefficient (Wildman–Crippen LogP) is 4.11. The molecule has 0 amide bonds. The number of esters is 1. The quantitative estimate of drug-likeness (QED) is 0.564. The highest BCUT2D eigenvalue weighted by Gasteiger charge is 2.33. The number of fused-ring (bicyclic) bond motifs is 1. The Morgan fingerprint density at radius 2 is 2.06 bits per heavy atom. The minimum atomic E-state index is -0.159. The molecule has 0 spiro atoms. The van der Waals surface area contributed by atoms with Crippen LogP contribution < -0.4 is 0 Å². The molecule has 0 aromatic heterocycles. The van der Waals surface area contributed by atoms with Gasteiger partial charge >= 0.3 is 5.97 Å². The Kier molecular flexibility index (Phi) is 3.82. The maximum atomic E-state index is 11.7. The van der Waals surface area contributed by atoms with Gasteiger partial charge in [0.25, 0.3) is 0 Å². The van der Waals surface area contributed by atoms with Crippen molar-refractivity contribution in [3.05, 3.63) is 35.4 Å². The van der Waals surface area contributed by atoms with Crippen LogP contribution in [0.4, 0.5) is 0 Å². The van der Waals surface area contributed by atoms with E-state index < -0.39 is 0 Å². The number of carbonyl (C=O) groups is 1. The van der Waals surface area contributed by atoms with Gasteiger partial charge in [-0.1, -0.05) is 51.3 Å². The Bertz CT molecular complexity index is 398. The average Bonchev–Trinajstić information content (AvgIpc) is 2.68. The molecule has 0 saturated carbocycles. The number of benzene rings is 1. The summed E-state index contributed by atoms with van der Waals surface area (Å²) in [6.45, 7) is 4.38. The topological polar surface area (TPSA) is 26.3 Å². The van der Waals surface area contributed by atoms with Gasteiger partial charge in [0.2, 0.25) is 0 Å². The maximum absolute atomic E-state index is 11.7. The first-order chi connectivity index (χ1) is 8.24. The normalized spacial score (nSPS) is 19.9. The molecule has 1 aromatic rings. The van der Waals surface area contributed by atoms with Crippen molar-refractivity contribution in [1.82, 2.24) is 0 Å². The van der Waals surface area contributed by atoms with E-state index in [0.717, 1.165) is 17.5 Å². The van der Waals surface area contributed by atoms with E-state index in [4.69, 9.17) is 4.74 Å². The van der Waals surface area contributed by atoms with Crippen LogP contribution in [0.2, 0.25) is 0 Å². The molecule has 2 heteroatoms. The molecule has 0 radical (unpaired) electrons. The first kappa shape index (κ1) is 12.2. The standard InChI is InChI=1S/C15H20O2/c1-3-4-5-8-11(2)14-12-9-6-7-10-13(12)15(16)17-14/h6-7,9-11,14H,3-5,8H2,1-2H3. The van der Waals surface area contributed by atoms with Crippen molar-refractivity contribution in [2.24, 2.45) is 5.92 Å². The van der Waals surface area contributed by atoms with Crippen LogP contribution in [0.3, 0.4) is 0 Å². The van der Waals surface area contributed by atoms with Gasteiger partial charge in [0.05, 0.1) is 5.56 Å². The van der Waals surface area contributed by atoms with Crippen LogP contribution in [0.5, 0.6) is 0 Å². The molecule has 1 aliphatic heterocycles. The van der Waals surface area contributed by atoms with Crippen LogP contribution in [-0.4, -0.2) is 5.97 Å². The Labute approximate surface area is 103 Å². The van der Waals surface area contributed by atoms with E-state index in [2.05, 4.69) is 13.8 Å². The van der Waals surface area contributed by atoms with Gasteiger partial charge < -0.3 is 4.74 Å². The molecule has 2 unspecified atom stereocenters. The van der Waals surface area contributed by atoms with Crippen molar-refractivity contribution in [2.75, 3.05) is 0 Å². The summed E-state index contributed by atoms with van der Waals surface area (Å²) < 4.78 is 5.49. The van der Waals surface area contributed by atoms with Gasteiger partial charge in [0.15, 0.2) is 0 Å². The van der Waals surface area contributed by atoms with Crippen molar-refractivity contribution in [2.45, 2.75) is 45.6 Å². The summed E-state index contributed by atoms with van der Waals surface area (Å²) in [5, 5.41) is 0. The smallest absolute Gasteiger partial charge is 0.339 e. The Morgan fingerprint density at radius 3 is 2.82 bits per heavy atom. The predicted molar refractivity (Wildman–Crippen MR) is 67.9 cm³/mol. The lowest BCUT2D eigenvalue weighted by Gasteiger charge is -2.18. The summed E-state index contributed by atoms with van der Waals surface area (Å²) in [6.07, 6.45) is 4.80. The summed E-state index contributed by atoms with van der Waals surface area (Å²) >= 11 is 0. The largest absolute Gasteiger partial charge is 0.454 e. The molecule has 0 N–H and O–H groups in total. The zero-order valence-corrected chi connectivity index (χ0v) is 10.6. The molecule has 2 atom stereocenters. The van der Waals surface area contributed by atoms with E-state index in [1.54, 1.807) is 0 Å². The van der Waals surface area contributed by atoms with Gasteiger partial charge in [-0.3, -0.25) is 0 Å². The summed E-state index contributed by atoms with van der Waals surface area (Å²) in [5.41, 5.74) is 1.82. The van der Waals surface area contributed by atoms with E-state index in [0.29, 0.717) is 5.92 Å². The Hall–Kier alpha value is -1.31. The van der Waals surface area contributed by atoms with E-state index in [9.17, 15) is 4.79 Å². The minimum absolute atomic E-state index is 0.0319. The third kappa shape index (κ3) is 2.51. The van der Waals surface area contributed by atoms with Gasteiger partial charge in [0, 0.05) is 5.56 Å². The molecule has 0 aliphatic carbocycles. The first-order valence-corrected chi connectivity index (χ1v) is 6.54. The van der Waals surface area contributed by atoms with E-state index in [-0.39, 0.29) is 12.1 Å². The third-order valence-corrected chi connectivity index (χ3v) is 3.50. The lowest BCUT2D eigenvalue weighted by molar-refractivity contribution is 0.0245. The van der Waals surface area contributed by atoms with Crippen LogP contribution in [0.1, 0.15) is 61.6 Å². The fourth-order valence-corrected chi connectivity index (χ4v) is 2.46. The van der Waals surface area contributed by atoms with Gasteiger partial charge in [-0.05, 0) is 18.4 Å². The fraction of sp³-hybridized carbons (Fsp3) is 0.533. The van der Waals surface area contributed by atoms with Crippen molar-refractivity contribution in [1.29, 1.82) is 0 Å². The molecule has 2 rings (SSSR count). The molecular weight excluding hydrogens is 212 g/mol. The number of carbonyl (C=O) groups excluding carboxylic acids is 1. The minimum Gasteiger partial charge on any atom is -0.454 e. The lowest BCUT2D eigenvalue weighted by Crippen LogP contribution is -2.09. The average molecular weight is 232 g/mol. The number of rotatable bonds is 5. The van der Waals surface area contributed by atoms with Crippen LogP contribution in [0.15, 0.2) is 24.3 Å². The third-order valence-electron chi connectivity index (χ3n) is 3.50. The van der Waals surface area contributed by atoms with Crippen LogP contribution in [-0.2, 0) is 4.74 Å². The molecule has 1 heterocycles. The molecule has 0 fully saturated rings. The molecular formula is C15H20O2. The molecule has 1 aliphatic rings. The van der Waals surface area contributed by atoms with Crippen molar-refractivity contribution in [3.8, 4) is 0 Å². The van der Waals surface area contributed by atoms with Gasteiger partial charge in [-0.25, -0.2) is 4.79 Å². The fourth-order valence-electron chi connectivity index (χ4n) is 2.46. The van der Waals surface area contributed by atoms with E-state index >= 15 is 0 Å². The zero-order valence-electron chi connectivity index (χ0n) is 10.6. The maximum Gasteiger partial charge on any atom is 0.339 e. The van der Waals surface area contributed by atoms with Crippen LogP contribution in [0.25, 0.3) is 0 Å². The number of hydrogen-bond donors (Lipinski definition) is 0. The highest BCUT2D eigenvalue weighted by molar-refractivity contribution is 5.94. The number of cyclic esters (lactones) is 1. The van der Waals surface area contributed by atoms with Crippen LogP contribution >= 0.6 is 0 Å². The molecule has 1 aromatic carbocycles. The number of unbranched alkanes of at least 4 members (excludes halogenated alkanes) is 2. The second kappa shape index (κ2) is 5.35. The van der Waals surface area contributed by atoms with Crippen LogP contribution in [0, 0.1) is 5.92 Å².